The predicted octanol–water partition coefficient (Wildman–Crippen LogP) is 2.89. The summed E-state index contributed by atoms with van der Waals surface area (Å²) in [5.74, 6) is 0.0622. The van der Waals surface area contributed by atoms with Crippen LogP contribution < -0.4 is 10.1 Å². The van der Waals surface area contributed by atoms with Gasteiger partial charge in [-0.15, -0.1) is 0 Å². The van der Waals surface area contributed by atoms with E-state index >= 15 is 0 Å². The number of ether oxygens (including phenoxy) is 1. The Bertz CT molecular complexity index is 390. The van der Waals surface area contributed by atoms with Gasteiger partial charge >= 0.3 is 0 Å². The number of benzene rings is 1. The Labute approximate surface area is 95.8 Å². The predicted molar refractivity (Wildman–Crippen MR) is 62.1 cm³/mol. The van der Waals surface area contributed by atoms with E-state index in [1.54, 1.807) is 12.1 Å². The monoisotopic (exact) mass is 223 g/mol. The minimum Gasteiger partial charge on any atom is -0.491 e. The van der Waals surface area contributed by atoms with E-state index in [1.165, 1.54) is 0 Å². The van der Waals surface area contributed by atoms with Crippen LogP contribution in [0.2, 0.25) is 0 Å². The lowest BCUT2D eigenvalue weighted by Gasteiger charge is -2.46. The largest absolute Gasteiger partial charge is 0.491 e. The van der Waals surface area contributed by atoms with Crippen molar-refractivity contribution in [3.05, 3.63) is 29.6 Å². The van der Waals surface area contributed by atoms with Crippen molar-refractivity contribution in [1.82, 2.24) is 5.32 Å². The summed E-state index contributed by atoms with van der Waals surface area (Å²) in [5, 5.41) is 3.32. The van der Waals surface area contributed by atoms with Crippen LogP contribution in [-0.2, 0) is 0 Å². The summed E-state index contributed by atoms with van der Waals surface area (Å²) in [4.78, 5) is 0. The van der Waals surface area contributed by atoms with Gasteiger partial charge in [0.05, 0.1) is 6.61 Å². The van der Waals surface area contributed by atoms with Crippen molar-refractivity contribution in [1.29, 1.82) is 0 Å². The lowest BCUT2D eigenvalue weighted by atomic mass is 9.74. The number of halogens is 1. The summed E-state index contributed by atoms with van der Waals surface area (Å²) in [6.45, 7) is 7.69. The topological polar surface area (TPSA) is 21.3 Å². The SMILES string of the molecule is CCOc1ccc(C2NCC2(C)C)cc1F. The summed E-state index contributed by atoms with van der Waals surface area (Å²) >= 11 is 0. The second kappa shape index (κ2) is 4.06. The third kappa shape index (κ3) is 1.92. The molecule has 1 aliphatic heterocycles. The summed E-state index contributed by atoms with van der Waals surface area (Å²) in [5.41, 5.74) is 1.21. The highest BCUT2D eigenvalue weighted by Gasteiger charge is 2.39. The fourth-order valence-corrected chi connectivity index (χ4v) is 2.15. The van der Waals surface area contributed by atoms with E-state index in [1.807, 2.05) is 13.0 Å². The van der Waals surface area contributed by atoms with Crippen LogP contribution >= 0.6 is 0 Å². The standard InChI is InChI=1S/C13H18FNO/c1-4-16-11-6-5-9(7-10(11)14)12-13(2,3)8-15-12/h5-7,12,15H,4,8H2,1-3H3. The average molecular weight is 223 g/mol. The van der Waals surface area contributed by atoms with Crippen molar-refractivity contribution in [3.63, 3.8) is 0 Å². The lowest BCUT2D eigenvalue weighted by molar-refractivity contribution is 0.128. The fraction of sp³-hybridized carbons (Fsp3) is 0.538. The van der Waals surface area contributed by atoms with Crippen LogP contribution in [0.3, 0.4) is 0 Å². The van der Waals surface area contributed by atoms with E-state index in [0.717, 1.165) is 12.1 Å². The van der Waals surface area contributed by atoms with Gasteiger partial charge in [0.25, 0.3) is 0 Å². The smallest absolute Gasteiger partial charge is 0.165 e. The van der Waals surface area contributed by atoms with Crippen molar-refractivity contribution < 1.29 is 9.13 Å². The highest BCUT2D eigenvalue weighted by Crippen LogP contribution is 2.40. The van der Waals surface area contributed by atoms with Gasteiger partial charge < -0.3 is 10.1 Å². The van der Waals surface area contributed by atoms with Gasteiger partial charge in [0, 0.05) is 12.6 Å². The molecule has 1 aliphatic rings. The maximum Gasteiger partial charge on any atom is 0.165 e. The Hall–Kier alpha value is -1.09. The molecule has 0 spiro atoms. The van der Waals surface area contributed by atoms with Crippen LogP contribution in [0.15, 0.2) is 18.2 Å². The Morgan fingerprint density at radius 3 is 2.69 bits per heavy atom. The summed E-state index contributed by atoms with van der Waals surface area (Å²) in [6.07, 6.45) is 0. The zero-order valence-corrected chi connectivity index (χ0v) is 10.0. The van der Waals surface area contributed by atoms with Crippen molar-refractivity contribution in [2.24, 2.45) is 5.41 Å². The normalized spacial score (nSPS) is 22.6. The molecule has 1 unspecified atom stereocenters. The van der Waals surface area contributed by atoms with E-state index < -0.39 is 0 Å². The molecule has 2 nitrogen and oxygen atoms in total. The maximum atomic E-state index is 13.7. The van der Waals surface area contributed by atoms with Crippen molar-refractivity contribution >= 4 is 0 Å². The first-order valence-corrected chi connectivity index (χ1v) is 5.70. The number of rotatable bonds is 3. The molecule has 1 aromatic rings. The first kappa shape index (κ1) is 11.4. The van der Waals surface area contributed by atoms with Crippen LogP contribution in [-0.4, -0.2) is 13.2 Å². The second-order valence-corrected chi connectivity index (χ2v) is 4.93. The first-order valence-electron chi connectivity index (χ1n) is 5.70. The minimum atomic E-state index is -0.274. The van der Waals surface area contributed by atoms with Gasteiger partial charge in [-0.1, -0.05) is 19.9 Å². The van der Waals surface area contributed by atoms with E-state index in [-0.39, 0.29) is 17.3 Å². The van der Waals surface area contributed by atoms with Crippen LogP contribution in [0.1, 0.15) is 32.4 Å². The fourth-order valence-electron chi connectivity index (χ4n) is 2.15. The molecule has 0 amide bonds. The molecule has 16 heavy (non-hydrogen) atoms. The summed E-state index contributed by atoms with van der Waals surface area (Å²) < 4.78 is 18.8. The lowest BCUT2D eigenvalue weighted by Crippen LogP contribution is -2.52. The molecule has 1 N–H and O–H groups in total. The molecular formula is C13H18FNO. The molecule has 1 heterocycles. The summed E-state index contributed by atoms with van der Waals surface area (Å²) in [6, 6.07) is 5.47. The molecule has 3 heteroatoms. The Balaban J connectivity index is 2.21. The van der Waals surface area contributed by atoms with Crippen LogP contribution in [0.4, 0.5) is 4.39 Å². The molecule has 1 saturated heterocycles. The highest BCUT2D eigenvalue weighted by molar-refractivity contribution is 5.33. The molecule has 1 atom stereocenters. The third-order valence-electron chi connectivity index (χ3n) is 3.13. The van der Waals surface area contributed by atoms with E-state index in [4.69, 9.17) is 4.74 Å². The zero-order valence-electron chi connectivity index (χ0n) is 10.0. The Morgan fingerprint density at radius 1 is 1.50 bits per heavy atom. The van der Waals surface area contributed by atoms with Gasteiger partial charge in [-0.2, -0.15) is 0 Å². The third-order valence-corrected chi connectivity index (χ3v) is 3.13. The second-order valence-electron chi connectivity index (χ2n) is 4.93. The molecule has 0 bridgehead atoms. The van der Waals surface area contributed by atoms with E-state index in [9.17, 15) is 4.39 Å². The molecule has 0 saturated carbocycles. The molecule has 0 aromatic heterocycles. The average Bonchev–Trinajstić information content (AvgIpc) is 2.21. The number of nitrogens with one attached hydrogen (secondary N) is 1. The quantitative estimate of drug-likeness (QED) is 0.850. The van der Waals surface area contributed by atoms with Crippen LogP contribution in [0, 0.1) is 11.2 Å². The maximum absolute atomic E-state index is 13.7. The van der Waals surface area contributed by atoms with Crippen molar-refractivity contribution in [2.75, 3.05) is 13.2 Å². The van der Waals surface area contributed by atoms with E-state index in [2.05, 4.69) is 19.2 Å². The Kier molecular flexibility index (Phi) is 2.89. The minimum absolute atomic E-state index is 0.208. The van der Waals surface area contributed by atoms with Gasteiger partial charge in [-0.25, -0.2) is 4.39 Å². The Morgan fingerprint density at radius 2 is 2.25 bits per heavy atom. The molecule has 1 aromatic carbocycles. The molecule has 0 aliphatic carbocycles. The van der Waals surface area contributed by atoms with Gasteiger partial charge in [0.2, 0.25) is 0 Å². The zero-order chi connectivity index (χ0) is 11.8. The first-order chi connectivity index (χ1) is 7.54. The number of hydrogen-bond acceptors (Lipinski definition) is 2. The molecule has 1 fully saturated rings. The van der Waals surface area contributed by atoms with Gasteiger partial charge in [-0.05, 0) is 30.0 Å². The summed E-state index contributed by atoms with van der Waals surface area (Å²) in [7, 11) is 0. The molecule has 2 rings (SSSR count). The van der Waals surface area contributed by atoms with Gasteiger partial charge in [-0.3, -0.25) is 0 Å². The highest BCUT2D eigenvalue weighted by atomic mass is 19.1. The molecule has 88 valence electrons. The van der Waals surface area contributed by atoms with Crippen molar-refractivity contribution in [3.8, 4) is 5.75 Å². The van der Waals surface area contributed by atoms with Crippen molar-refractivity contribution in [2.45, 2.75) is 26.8 Å². The molecular weight excluding hydrogens is 205 g/mol. The molecule has 0 radical (unpaired) electrons. The van der Waals surface area contributed by atoms with Gasteiger partial charge in [0.15, 0.2) is 11.6 Å². The number of hydrogen-bond donors (Lipinski definition) is 1. The van der Waals surface area contributed by atoms with Crippen LogP contribution in [0.5, 0.6) is 5.75 Å². The van der Waals surface area contributed by atoms with Crippen LogP contribution in [0.25, 0.3) is 0 Å². The van der Waals surface area contributed by atoms with E-state index in [0.29, 0.717) is 12.4 Å². The van der Waals surface area contributed by atoms with Gasteiger partial charge in [0.1, 0.15) is 0 Å².